The first kappa shape index (κ1) is 14.8. The minimum absolute atomic E-state index is 0.507. The highest BCUT2D eigenvalue weighted by atomic mass is 79.9. The maximum Gasteiger partial charge on any atom is 0.0841 e. The van der Waals surface area contributed by atoms with Gasteiger partial charge in [0.15, 0.2) is 0 Å². The van der Waals surface area contributed by atoms with E-state index in [1.807, 2.05) is 18.2 Å². The number of halogens is 2. The number of benzene rings is 2. The van der Waals surface area contributed by atoms with Crippen molar-refractivity contribution >= 4 is 31.9 Å². The van der Waals surface area contributed by atoms with Gasteiger partial charge in [-0.3, -0.25) is 0 Å². The van der Waals surface area contributed by atoms with Crippen LogP contribution >= 0.6 is 31.9 Å². The molecule has 2 rings (SSSR count). The van der Waals surface area contributed by atoms with Crippen LogP contribution in [0, 0.1) is 13.8 Å². The first-order valence-corrected chi connectivity index (χ1v) is 7.75. The smallest absolute Gasteiger partial charge is 0.0841 e. The van der Waals surface area contributed by atoms with E-state index < -0.39 is 6.10 Å². The highest BCUT2D eigenvalue weighted by molar-refractivity contribution is 9.11. The van der Waals surface area contributed by atoms with Crippen molar-refractivity contribution in [3.8, 4) is 0 Å². The highest BCUT2D eigenvalue weighted by Crippen LogP contribution is 2.29. The van der Waals surface area contributed by atoms with Gasteiger partial charge in [-0.05, 0) is 48.7 Å². The molecule has 0 aromatic heterocycles. The Balaban J connectivity index is 2.27. The van der Waals surface area contributed by atoms with Gasteiger partial charge in [0.25, 0.3) is 0 Å². The zero-order chi connectivity index (χ0) is 14.0. The average Bonchev–Trinajstić information content (AvgIpc) is 2.36. The Labute approximate surface area is 130 Å². The molecule has 0 amide bonds. The standard InChI is InChI=1S/C16H16Br2O/c1-10-3-4-11(2)12(7-10)8-16(19)14-9-13(17)5-6-15(14)18/h3-7,9,16,19H,8H2,1-2H3. The van der Waals surface area contributed by atoms with E-state index in [9.17, 15) is 5.11 Å². The maximum atomic E-state index is 10.4. The van der Waals surface area contributed by atoms with Crippen molar-refractivity contribution < 1.29 is 5.11 Å². The van der Waals surface area contributed by atoms with E-state index in [4.69, 9.17) is 0 Å². The maximum absolute atomic E-state index is 10.4. The third-order valence-electron chi connectivity index (χ3n) is 3.23. The number of aliphatic hydroxyl groups excluding tert-OH is 1. The van der Waals surface area contributed by atoms with Crippen LogP contribution in [0.5, 0.6) is 0 Å². The van der Waals surface area contributed by atoms with Crippen molar-refractivity contribution in [3.05, 3.63) is 67.6 Å². The summed E-state index contributed by atoms with van der Waals surface area (Å²) >= 11 is 6.94. The molecule has 0 bridgehead atoms. The van der Waals surface area contributed by atoms with Gasteiger partial charge in [-0.2, -0.15) is 0 Å². The van der Waals surface area contributed by atoms with Crippen LogP contribution in [-0.2, 0) is 6.42 Å². The predicted octanol–water partition coefficient (Wildman–Crippen LogP) is 5.10. The average molecular weight is 384 g/mol. The Hall–Kier alpha value is -0.640. The largest absolute Gasteiger partial charge is 0.388 e. The quantitative estimate of drug-likeness (QED) is 0.781. The van der Waals surface area contributed by atoms with Gasteiger partial charge in [-0.25, -0.2) is 0 Å². The minimum atomic E-state index is -0.507. The van der Waals surface area contributed by atoms with Crippen molar-refractivity contribution in [2.24, 2.45) is 0 Å². The molecule has 2 aromatic rings. The van der Waals surface area contributed by atoms with E-state index in [2.05, 4.69) is 63.9 Å². The molecule has 0 heterocycles. The molecular weight excluding hydrogens is 368 g/mol. The number of hydrogen-bond acceptors (Lipinski definition) is 1. The van der Waals surface area contributed by atoms with Crippen LogP contribution in [0.3, 0.4) is 0 Å². The molecule has 1 nitrogen and oxygen atoms in total. The molecule has 100 valence electrons. The zero-order valence-electron chi connectivity index (χ0n) is 11.0. The second-order valence-corrected chi connectivity index (χ2v) is 6.59. The highest BCUT2D eigenvalue weighted by Gasteiger charge is 2.14. The fraction of sp³-hybridized carbons (Fsp3) is 0.250. The summed E-state index contributed by atoms with van der Waals surface area (Å²) in [6.45, 7) is 4.15. The normalized spacial score (nSPS) is 12.5. The number of aliphatic hydroxyl groups is 1. The van der Waals surface area contributed by atoms with Gasteiger partial charge in [-0.1, -0.05) is 55.6 Å². The molecule has 1 unspecified atom stereocenters. The molecule has 0 aliphatic carbocycles. The number of rotatable bonds is 3. The topological polar surface area (TPSA) is 20.2 Å². The van der Waals surface area contributed by atoms with Crippen molar-refractivity contribution in [3.63, 3.8) is 0 Å². The number of aryl methyl sites for hydroxylation is 2. The summed E-state index contributed by atoms with van der Waals surface area (Å²) in [5.74, 6) is 0. The van der Waals surface area contributed by atoms with Crippen LogP contribution < -0.4 is 0 Å². The van der Waals surface area contributed by atoms with Gasteiger partial charge < -0.3 is 5.11 Å². The van der Waals surface area contributed by atoms with Gasteiger partial charge in [0.1, 0.15) is 0 Å². The number of hydrogen-bond donors (Lipinski definition) is 1. The Morgan fingerprint density at radius 3 is 2.53 bits per heavy atom. The Bertz CT molecular complexity index is 593. The van der Waals surface area contributed by atoms with E-state index in [0.29, 0.717) is 6.42 Å². The zero-order valence-corrected chi connectivity index (χ0v) is 14.1. The van der Waals surface area contributed by atoms with Crippen LogP contribution in [0.1, 0.15) is 28.4 Å². The van der Waals surface area contributed by atoms with E-state index in [1.54, 1.807) is 0 Å². The molecule has 0 saturated heterocycles. The van der Waals surface area contributed by atoms with Gasteiger partial charge in [0.2, 0.25) is 0 Å². The van der Waals surface area contributed by atoms with E-state index in [-0.39, 0.29) is 0 Å². The molecule has 0 fully saturated rings. The third kappa shape index (κ3) is 3.68. The first-order valence-electron chi connectivity index (χ1n) is 6.16. The van der Waals surface area contributed by atoms with Crippen LogP contribution in [0.25, 0.3) is 0 Å². The molecule has 0 aliphatic heterocycles. The Morgan fingerprint density at radius 1 is 1.05 bits per heavy atom. The van der Waals surface area contributed by atoms with Crippen molar-refractivity contribution in [2.75, 3.05) is 0 Å². The summed E-state index contributed by atoms with van der Waals surface area (Å²) in [5, 5.41) is 10.4. The molecule has 19 heavy (non-hydrogen) atoms. The van der Waals surface area contributed by atoms with Gasteiger partial charge in [0.05, 0.1) is 6.10 Å². The lowest BCUT2D eigenvalue weighted by atomic mass is 9.97. The van der Waals surface area contributed by atoms with Crippen LogP contribution in [-0.4, -0.2) is 5.11 Å². The lowest BCUT2D eigenvalue weighted by Gasteiger charge is -2.15. The molecule has 0 spiro atoms. The molecule has 0 radical (unpaired) electrons. The molecule has 1 atom stereocenters. The summed E-state index contributed by atoms with van der Waals surface area (Å²) < 4.78 is 1.92. The lowest BCUT2D eigenvalue weighted by molar-refractivity contribution is 0.177. The Morgan fingerprint density at radius 2 is 1.79 bits per heavy atom. The first-order chi connectivity index (χ1) is 8.97. The second kappa shape index (κ2) is 6.21. The summed E-state index contributed by atoms with van der Waals surface area (Å²) in [7, 11) is 0. The molecular formula is C16H16Br2O. The van der Waals surface area contributed by atoms with Gasteiger partial charge in [0, 0.05) is 15.4 Å². The predicted molar refractivity (Wildman–Crippen MR) is 86.4 cm³/mol. The van der Waals surface area contributed by atoms with Crippen molar-refractivity contribution in [1.29, 1.82) is 0 Å². The molecule has 1 N–H and O–H groups in total. The summed E-state index contributed by atoms with van der Waals surface area (Å²) in [4.78, 5) is 0. The molecule has 0 aliphatic rings. The lowest BCUT2D eigenvalue weighted by Crippen LogP contribution is -2.04. The molecule has 0 saturated carbocycles. The summed E-state index contributed by atoms with van der Waals surface area (Å²) in [6.07, 6.45) is 0.120. The monoisotopic (exact) mass is 382 g/mol. The molecule has 2 aromatic carbocycles. The third-order valence-corrected chi connectivity index (χ3v) is 4.45. The van der Waals surface area contributed by atoms with Crippen molar-refractivity contribution in [1.82, 2.24) is 0 Å². The fourth-order valence-electron chi connectivity index (χ4n) is 2.11. The summed E-state index contributed by atoms with van der Waals surface area (Å²) in [6, 6.07) is 12.2. The van der Waals surface area contributed by atoms with Crippen LogP contribution in [0.15, 0.2) is 45.3 Å². The van der Waals surface area contributed by atoms with Gasteiger partial charge in [-0.15, -0.1) is 0 Å². The SMILES string of the molecule is Cc1ccc(C)c(CC(O)c2cc(Br)ccc2Br)c1. The van der Waals surface area contributed by atoms with Crippen molar-refractivity contribution in [2.45, 2.75) is 26.4 Å². The van der Waals surface area contributed by atoms with E-state index in [1.165, 1.54) is 16.7 Å². The van der Waals surface area contributed by atoms with Crippen LogP contribution in [0.4, 0.5) is 0 Å². The minimum Gasteiger partial charge on any atom is -0.388 e. The second-order valence-electron chi connectivity index (χ2n) is 4.82. The van der Waals surface area contributed by atoms with E-state index >= 15 is 0 Å². The summed E-state index contributed by atoms with van der Waals surface area (Å²) in [5.41, 5.74) is 4.55. The van der Waals surface area contributed by atoms with Gasteiger partial charge >= 0.3 is 0 Å². The molecule has 3 heteroatoms. The van der Waals surface area contributed by atoms with Crippen LogP contribution in [0.2, 0.25) is 0 Å². The van der Waals surface area contributed by atoms with E-state index in [0.717, 1.165) is 14.5 Å². The fourth-order valence-corrected chi connectivity index (χ4v) is 3.00. The Kier molecular flexibility index (Phi) is 4.82.